The SMILES string of the molecule is CC1(C)c2ccccc2-c2ccc(N(c3ccccc3)c3cc(N(c4ccccc4)c4ccccc4)cc(N(c4ccccc4)c4cccc5oc6ccccc6c45)c3)cc21. The second-order valence-corrected chi connectivity index (χ2v) is 16.2. The van der Waals surface area contributed by atoms with E-state index >= 15 is 0 Å². The number of hydrogen-bond acceptors (Lipinski definition) is 4. The van der Waals surface area contributed by atoms with Crippen LogP contribution in [0.2, 0.25) is 0 Å². The van der Waals surface area contributed by atoms with E-state index in [1.807, 2.05) is 6.07 Å². The summed E-state index contributed by atoms with van der Waals surface area (Å²) < 4.78 is 6.50. The van der Waals surface area contributed by atoms with Gasteiger partial charge in [0, 0.05) is 39.2 Å². The van der Waals surface area contributed by atoms with Crippen molar-refractivity contribution in [2.24, 2.45) is 0 Å². The maximum atomic E-state index is 6.50. The molecule has 10 aromatic rings. The first kappa shape index (κ1) is 36.3. The molecule has 4 nitrogen and oxygen atoms in total. The average molecular weight is 786 g/mol. The van der Waals surface area contributed by atoms with E-state index in [4.69, 9.17) is 4.42 Å². The van der Waals surface area contributed by atoms with Gasteiger partial charge in [0.05, 0.1) is 28.1 Å². The number of hydrogen-bond donors (Lipinski definition) is 0. The van der Waals surface area contributed by atoms with Crippen LogP contribution in [0.15, 0.2) is 229 Å². The summed E-state index contributed by atoms with van der Waals surface area (Å²) in [5.41, 5.74) is 16.2. The molecule has 0 radical (unpaired) electrons. The fraction of sp³-hybridized carbons (Fsp3) is 0.0526. The monoisotopic (exact) mass is 785 g/mol. The van der Waals surface area contributed by atoms with E-state index in [2.05, 4.69) is 247 Å². The molecule has 0 atom stereocenters. The van der Waals surface area contributed by atoms with Gasteiger partial charge >= 0.3 is 0 Å². The van der Waals surface area contributed by atoms with Crippen LogP contribution in [0.3, 0.4) is 0 Å². The average Bonchev–Trinajstić information content (AvgIpc) is 3.80. The van der Waals surface area contributed by atoms with E-state index in [1.54, 1.807) is 0 Å². The van der Waals surface area contributed by atoms with Crippen molar-refractivity contribution < 1.29 is 4.42 Å². The maximum absolute atomic E-state index is 6.50. The van der Waals surface area contributed by atoms with Crippen molar-refractivity contribution in [1.29, 1.82) is 0 Å². The fourth-order valence-corrected chi connectivity index (χ4v) is 9.37. The first-order chi connectivity index (χ1) is 30.0. The van der Waals surface area contributed by atoms with Crippen molar-refractivity contribution >= 4 is 73.1 Å². The Bertz CT molecular complexity index is 3140. The number of rotatable bonds is 9. The molecule has 1 aliphatic rings. The normalized spacial score (nSPS) is 12.6. The van der Waals surface area contributed by atoms with Gasteiger partial charge in [0.15, 0.2) is 0 Å². The maximum Gasteiger partial charge on any atom is 0.137 e. The van der Waals surface area contributed by atoms with Crippen molar-refractivity contribution in [3.8, 4) is 11.1 Å². The lowest BCUT2D eigenvalue weighted by molar-refractivity contribution is 0.660. The molecule has 0 unspecified atom stereocenters. The highest BCUT2D eigenvalue weighted by atomic mass is 16.3. The molecule has 0 saturated carbocycles. The van der Waals surface area contributed by atoms with E-state index in [9.17, 15) is 0 Å². The first-order valence-electron chi connectivity index (χ1n) is 20.9. The van der Waals surface area contributed by atoms with Crippen LogP contribution in [0.5, 0.6) is 0 Å². The second kappa shape index (κ2) is 14.8. The first-order valence-corrected chi connectivity index (χ1v) is 20.9. The van der Waals surface area contributed by atoms with Gasteiger partial charge in [0.1, 0.15) is 11.2 Å². The van der Waals surface area contributed by atoms with E-state index in [-0.39, 0.29) is 5.41 Å². The molecule has 0 spiro atoms. The molecule has 0 bridgehead atoms. The minimum atomic E-state index is -0.162. The summed E-state index contributed by atoms with van der Waals surface area (Å²) in [6, 6.07) is 80.3. The summed E-state index contributed by atoms with van der Waals surface area (Å²) >= 11 is 0. The predicted octanol–water partition coefficient (Wildman–Crippen LogP) is 16.3. The van der Waals surface area contributed by atoms with Gasteiger partial charge < -0.3 is 19.1 Å². The highest BCUT2D eigenvalue weighted by Crippen LogP contribution is 2.52. The molecular weight excluding hydrogens is 743 g/mol. The molecule has 9 aromatic carbocycles. The zero-order chi connectivity index (χ0) is 40.9. The van der Waals surface area contributed by atoms with Crippen LogP contribution in [0, 0.1) is 0 Å². The Morgan fingerprint density at radius 1 is 0.328 bits per heavy atom. The molecule has 1 aliphatic carbocycles. The molecule has 1 aromatic heterocycles. The molecular formula is C57H43N3O. The number of anilines is 9. The van der Waals surface area contributed by atoms with Gasteiger partial charge in [-0.3, -0.25) is 0 Å². The third-order valence-electron chi connectivity index (χ3n) is 12.2. The molecule has 0 aliphatic heterocycles. The summed E-state index contributed by atoms with van der Waals surface area (Å²) in [7, 11) is 0. The third-order valence-corrected chi connectivity index (χ3v) is 12.2. The Balaban J connectivity index is 1.21. The zero-order valence-electron chi connectivity index (χ0n) is 34.1. The quantitative estimate of drug-likeness (QED) is 0.145. The molecule has 4 heteroatoms. The van der Waals surface area contributed by atoms with E-state index < -0.39 is 0 Å². The summed E-state index contributed by atoms with van der Waals surface area (Å²) in [6.45, 7) is 4.70. The van der Waals surface area contributed by atoms with Crippen LogP contribution in [0.1, 0.15) is 25.0 Å². The van der Waals surface area contributed by atoms with Crippen LogP contribution in [-0.4, -0.2) is 0 Å². The number of benzene rings is 9. The lowest BCUT2D eigenvalue weighted by Crippen LogP contribution is -2.18. The smallest absolute Gasteiger partial charge is 0.137 e. The van der Waals surface area contributed by atoms with E-state index in [0.717, 1.165) is 73.1 Å². The van der Waals surface area contributed by atoms with Gasteiger partial charge in [-0.05, 0) is 119 Å². The van der Waals surface area contributed by atoms with Gasteiger partial charge in [-0.15, -0.1) is 0 Å². The summed E-state index contributed by atoms with van der Waals surface area (Å²) in [4.78, 5) is 7.16. The van der Waals surface area contributed by atoms with Gasteiger partial charge in [-0.1, -0.05) is 141 Å². The topological polar surface area (TPSA) is 22.9 Å². The van der Waals surface area contributed by atoms with Gasteiger partial charge in [-0.2, -0.15) is 0 Å². The van der Waals surface area contributed by atoms with Crippen molar-refractivity contribution in [3.63, 3.8) is 0 Å². The Morgan fingerprint density at radius 2 is 0.787 bits per heavy atom. The van der Waals surface area contributed by atoms with Crippen molar-refractivity contribution in [2.75, 3.05) is 14.7 Å². The predicted molar refractivity (Wildman–Crippen MR) is 255 cm³/mol. The lowest BCUT2D eigenvalue weighted by atomic mass is 9.82. The fourth-order valence-electron chi connectivity index (χ4n) is 9.37. The Hall–Kier alpha value is -7.82. The standard InChI is InChI=1S/C57H43N3O/c1-57(2)51-30-17-15-28-48(51)49-35-34-44(39-52(49)57)59(42-24-11-5-12-25-42)46-36-45(58(40-20-7-3-8-21-40)41-22-9-4-10-23-41)37-47(38-46)60(43-26-13-6-14-27-43)53-31-19-33-55-56(53)50-29-16-18-32-54(50)61-55/h3-39H,1-2H3. The van der Waals surface area contributed by atoms with E-state index in [1.165, 1.54) is 22.3 Å². The highest BCUT2D eigenvalue weighted by Gasteiger charge is 2.36. The summed E-state index contributed by atoms with van der Waals surface area (Å²) in [5.74, 6) is 0. The number of para-hydroxylation sites is 5. The molecule has 0 saturated heterocycles. The van der Waals surface area contributed by atoms with Gasteiger partial charge in [-0.25, -0.2) is 0 Å². The molecule has 0 amide bonds. The van der Waals surface area contributed by atoms with Crippen molar-refractivity contribution in [3.05, 3.63) is 236 Å². The Morgan fingerprint density at radius 3 is 1.39 bits per heavy atom. The number of nitrogens with zero attached hydrogens (tertiary/aromatic N) is 3. The van der Waals surface area contributed by atoms with Crippen LogP contribution < -0.4 is 14.7 Å². The van der Waals surface area contributed by atoms with Crippen LogP contribution in [0.25, 0.3) is 33.1 Å². The van der Waals surface area contributed by atoms with Crippen molar-refractivity contribution in [1.82, 2.24) is 0 Å². The van der Waals surface area contributed by atoms with E-state index in [0.29, 0.717) is 0 Å². The van der Waals surface area contributed by atoms with Crippen LogP contribution in [0.4, 0.5) is 51.2 Å². The Kier molecular flexibility index (Phi) is 8.79. The number of fused-ring (bicyclic) bond motifs is 6. The largest absolute Gasteiger partial charge is 0.456 e. The van der Waals surface area contributed by atoms with Gasteiger partial charge in [0.2, 0.25) is 0 Å². The van der Waals surface area contributed by atoms with Crippen LogP contribution >= 0.6 is 0 Å². The molecule has 11 rings (SSSR count). The van der Waals surface area contributed by atoms with Crippen molar-refractivity contribution in [2.45, 2.75) is 19.3 Å². The number of furan rings is 1. The third kappa shape index (κ3) is 6.23. The molecule has 1 heterocycles. The molecule has 61 heavy (non-hydrogen) atoms. The summed E-state index contributed by atoms with van der Waals surface area (Å²) in [6.07, 6.45) is 0. The second-order valence-electron chi connectivity index (χ2n) is 16.2. The minimum Gasteiger partial charge on any atom is -0.456 e. The summed E-state index contributed by atoms with van der Waals surface area (Å²) in [5, 5.41) is 2.14. The van der Waals surface area contributed by atoms with Crippen LogP contribution in [-0.2, 0) is 5.41 Å². The lowest BCUT2D eigenvalue weighted by Gasteiger charge is -2.33. The molecule has 292 valence electrons. The van der Waals surface area contributed by atoms with Gasteiger partial charge in [0.25, 0.3) is 0 Å². The molecule has 0 N–H and O–H groups in total. The Labute approximate surface area is 356 Å². The highest BCUT2D eigenvalue weighted by molar-refractivity contribution is 6.13. The minimum absolute atomic E-state index is 0.162. The molecule has 0 fully saturated rings. The zero-order valence-corrected chi connectivity index (χ0v) is 34.1.